The molecule has 0 bridgehead atoms. The number of ether oxygens (including phenoxy) is 1. The van der Waals surface area contributed by atoms with Crippen molar-refractivity contribution in [2.24, 2.45) is 5.73 Å². The van der Waals surface area contributed by atoms with Crippen LogP contribution in [0.3, 0.4) is 0 Å². The Hall–Kier alpha value is -3.59. The number of primary amides is 1. The molecule has 2 atom stereocenters. The minimum absolute atomic E-state index is 0.0681. The van der Waals surface area contributed by atoms with E-state index in [2.05, 4.69) is 10.6 Å². The summed E-state index contributed by atoms with van der Waals surface area (Å²) in [5.74, 6) is -1.65. The highest BCUT2D eigenvalue weighted by Gasteiger charge is 2.39. The first-order valence-electron chi connectivity index (χ1n) is 13.3. The van der Waals surface area contributed by atoms with E-state index >= 15 is 0 Å². The number of nitrogens with one attached hydrogen (secondary N) is 2. The average molecular weight is 573 g/mol. The van der Waals surface area contributed by atoms with E-state index in [4.69, 9.17) is 22.1 Å². The molecule has 0 fully saturated rings. The Bertz CT molecular complexity index is 1210. The molecule has 2 aromatic carbocycles. The number of alkyl carbamates (subject to hydrolysis) is 1. The summed E-state index contributed by atoms with van der Waals surface area (Å²) in [4.78, 5) is 54.1. The summed E-state index contributed by atoms with van der Waals surface area (Å²) in [6.07, 6.45) is -1.04. The van der Waals surface area contributed by atoms with E-state index in [0.717, 1.165) is 16.7 Å². The van der Waals surface area contributed by atoms with Gasteiger partial charge in [-0.2, -0.15) is 0 Å². The third-order valence-electron chi connectivity index (χ3n) is 6.29. The highest BCUT2D eigenvalue weighted by atomic mass is 35.5. The van der Waals surface area contributed by atoms with Crippen LogP contribution in [0.4, 0.5) is 10.5 Å². The number of halogens is 1. The van der Waals surface area contributed by atoms with Crippen molar-refractivity contribution in [2.45, 2.75) is 92.0 Å². The smallest absolute Gasteiger partial charge is 0.408 e. The third kappa shape index (κ3) is 8.71. The van der Waals surface area contributed by atoms with Gasteiger partial charge < -0.3 is 26.0 Å². The highest BCUT2D eigenvalue weighted by molar-refractivity contribution is 6.34. The van der Waals surface area contributed by atoms with Crippen LogP contribution in [0, 0.1) is 20.8 Å². The summed E-state index contributed by atoms with van der Waals surface area (Å²) >= 11 is 6.42. The number of para-hydroxylation sites is 1. The molecule has 0 spiro atoms. The van der Waals surface area contributed by atoms with E-state index in [0.29, 0.717) is 16.3 Å². The molecule has 218 valence electrons. The van der Waals surface area contributed by atoms with Crippen molar-refractivity contribution in [2.75, 3.05) is 5.32 Å². The van der Waals surface area contributed by atoms with E-state index in [1.54, 1.807) is 46.8 Å². The second-order valence-corrected chi connectivity index (χ2v) is 11.6. The van der Waals surface area contributed by atoms with E-state index < -0.39 is 47.5 Å². The number of hydrogen-bond acceptors (Lipinski definition) is 5. The first-order valence-corrected chi connectivity index (χ1v) is 13.6. The first kappa shape index (κ1) is 32.6. The predicted octanol–water partition coefficient (Wildman–Crippen LogP) is 5.34. The Morgan fingerprint density at radius 1 is 0.975 bits per heavy atom. The van der Waals surface area contributed by atoms with Crippen LogP contribution in [0.15, 0.2) is 36.4 Å². The molecule has 0 aromatic heterocycles. The SMILES string of the molecule is Cc1cccc(Cl)c1NC(=O)C(c1c(C)cccc1C)N(C(=O)C(CCC(N)=O)NC(=O)OC(C)(C)C)C(C)C. The van der Waals surface area contributed by atoms with Crippen LogP contribution >= 0.6 is 11.6 Å². The maximum absolute atomic E-state index is 14.2. The largest absolute Gasteiger partial charge is 0.444 e. The molecule has 2 aromatic rings. The fourth-order valence-corrected chi connectivity index (χ4v) is 4.76. The fourth-order valence-electron chi connectivity index (χ4n) is 4.49. The van der Waals surface area contributed by atoms with Crippen LogP contribution in [-0.4, -0.2) is 46.4 Å². The Morgan fingerprint density at radius 2 is 1.52 bits per heavy atom. The monoisotopic (exact) mass is 572 g/mol. The number of nitrogens with zero attached hydrogens (tertiary/aromatic N) is 1. The van der Waals surface area contributed by atoms with Crippen LogP contribution < -0.4 is 16.4 Å². The Balaban J connectivity index is 2.64. The number of benzene rings is 2. The molecule has 4 amide bonds. The van der Waals surface area contributed by atoms with Gasteiger partial charge >= 0.3 is 6.09 Å². The third-order valence-corrected chi connectivity index (χ3v) is 6.61. The van der Waals surface area contributed by atoms with E-state index in [1.807, 2.05) is 45.0 Å². The second kappa shape index (κ2) is 13.7. The van der Waals surface area contributed by atoms with Crippen LogP contribution in [0.1, 0.15) is 75.8 Å². The van der Waals surface area contributed by atoms with Gasteiger partial charge in [0.2, 0.25) is 11.8 Å². The normalized spacial score (nSPS) is 12.8. The van der Waals surface area contributed by atoms with Crippen LogP contribution in [0.25, 0.3) is 0 Å². The molecule has 0 aliphatic rings. The minimum Gasteiger partial charge on any atom is -0.444 e. The molecular formula is C30H41ClN4O5. The molecule has 2 rings (SSSR count). The van der Waals surface area contributed by atoms with Gasteiger partial charge in [-0.05, 0) is 90.1 Å². The molecule has 10 heteroatoms. The molecule has 0 radical (unpaired) electrons. The standard InChI is InChI=1S/C30H41ClN4O5/c1-17(2)35(28(38)22(15-16-23(32)36)33-29(39)40-30(6,7)8)26(24-18(3)11-9-12-19(24)4)27(37)34-25-20(5)13-10-14-21(25)31/h9-14,17,22,26H,15-16H2,1-8H3,(H2,32,36)(H,33,39)(H,34,37). The lowest BCUT2D eigenvalue weighted by Gasteiger charge is -2.38. The van der Waals surface area contributed by atoms with Gasteiger partial charge in [-0.25, -0.2) is 4.79 Å². The number of rotatable bonds is 10. The summed E-state index contributed by atoms with van der Waals surface area (Å²) < 4.78 is 5.37. The van der Waals surface area contributed by atoms with E-state index in [9.17, 15) is 19.2 Å². The molecule has 0 saturated carbocycles. The lowest BCUT2D eigenvalue weighted by atomic mass is 9.92. The number of aryl methyl sites for hydroxylation is 3. The molecule has 40 heavy (non-hydrogen) atoms. The fraction of sp³-hybridized carbons (Fsp3) is 0.467. The number of amides is 4. The Labute approximate surface area is 241 Å². The lowest BCUT2D eigenvalue weighted by Crippen LogP contribution is -2.54. The zero-order valence-corrected chi connectivity index (χ0v) is 25.3. The zero-order chi connectivity index (χ0) is 30.4. The molecule has 9 nitrogen and oxygen atoms in total. The number of nitrogens with two attached hydrogens (primary N) is 1. The van der Waals surface area contributed by atoms with Crippen molar-refractivity contribution in [1.29, 1.82) is 0 Å². The number of anilines is 1. The lowest BCUT2D eigenvalue weighted by molar-refractivity contribution is -0.143. The predicted molar refractivity (Wildman–Crippen MR) is 157 cm³/mol. The van der Waals surface area contributed by atoms with E-state index in [1.165, 1.54) is 4.90 Å². The number of carbonyl (C=O) groups excluding carboxylic acids is 4. The number of hydrogen-bond donors (Lipinski definition) is 3. The van der Waals surface area contributed by atoms with Crippen molar-refractivity contribution in [3.63, 3.8) is 0 Å². The highest BCUT2D eigenvalue weighted by Crippen LogP contribution is 2.33. The van der Waals surface area contributed by atoms with Gasteiger partial charge in [0, 0.05) is 12.5 Å². The Kier molecular flexibility index (Phi) is 11.1. The quantitative estimate of drug-likeness (QED) is 0.353. The molecule has 2 unspecified atom stereocenters. The summed E-state index contributed by atoms with van der Waals surface area (Å²) in [6.45, 7) is 14.2. The van der Waals surface area contributed by atoms with Crippen LogP contribution in [0.2, 0.25) is 5.02 Å². The van der Waals surface area contributed by atoms with E-state index in [-0.39, 0.29) is 12.8 Å². The van der Waals surface area contributed by atoms with Crippen molar-refractivity contribution in [1.82, 2.24) is 10.2 Å². The maximum atomic E-state index is 14.2. The van der Waals surface area contributed by atoms with Crippen molar-refractivity contribution in [3.05, 3.63) is 63.7 Å². The second-order valence-electron chi connectivity index (χ2n) is 11.2. The molecule has 4 N–H and O–H groups in total. The Morgan fingerprint density at radius 3 is 2.02 bits per heavy atom. The van der Waals surface area contributed by atoms with Gasteiger partial charge in [-0.3, -0.25) is 14.4 Å². The molecule has 0 aliphatic heterocycles. The molecule has 0 saturated heterocycles. The van der Waals surface area contributed by atoms with Gasteiger partial charge in [0.25, 0.3) is 5.91 Å². The summed E-state index contributed by atoms with van der Waals surface area (Å²) in [5.41, 5.74) is 8.03. The topological polar surface area (TPSA) is 131 Å². The van der Waals surface area contributed by atoms with Gasteiger partial charge in [0.05, 0.1) is 10.7 Å². The maximum Gasteiger partial charge on any atom is 0.408 e. The molecule has 0 aliphatic carbocycles. The average Bonchev–Trinajstić information content (AvgIpc) is 2.81. The van der Waals surface area contributed by atoms with Crippen molar-refractivity contribution in [3.8, 4) is 0 Å². The van der Waals surface area contributed by atoms with Crippen molar-refractivity contribution < 1.29 is 23.9 Å². The van der Waals surface area contributed by atoms with Gasteiger partial charge in [-0.15, -0.1) is 0 Å². The van der Waals surface area contributed by atoms with Gasteiger partial charge in [-0.1, -0.05) is 41.9 Å². The van der Waals surface area contributed by atoms with Crippen LogP contribution in [0.5, 0.6) is 0 Å². The molecular weight excluding hydrogens is 532 g/mol. The number of carbonyl (C=O) groups is 4. The molecule has 0 heterocycles. The summed E-state index contributed by atoms with van der Waals surface area (Å²) in [7, 11) is 0. The van der Waals surface area contributed by atoms with Crippen LogP contribution in [-0.2, 0) is 19.1 Å². The first-order chi connectivity index (χ1) is 18.5. The summed E-state index contributed by atoms with van der Waals surface area (Å²) in [5, 5.41) is 5.89. The van der Waals surface area contributed by atoms with Crippen molar-refractivity contribution >= 4 is 41.1 Å². The summed E-state index contributed by atoms with van der Waals surface area (Å²) in [6, 6.07) is 8.17. The van der Waals surface area contributed by atoms with Gasteiger partial charge in [0.15, 0.2) is 0 Å². The van der Waals surface area contributed by atoms with Gasteiger partial charge in [0.1, 0.15) is 17.7 Å². The minimum atomic E-state index is -1.17. The zero-order valence-electron chi connectivity index (χ0n) is 24.6.